The van der Waals surface area contributed by atoms with Gasteiger partial charge in [-0.15, -0.1) is 0 Å². The highest BCUT2D eigenvalue weighted by Crippen LogP contribution is 2.21. The highest BCUT2D eigenvalue weighted by Gasteiger charge is 2.20. The molecule has 0 spiro atoms. The first-order chi connectivity index (χ1) is 9.79. The van der Waals surface area contributed by atoms with E-state index in [-0.39, 0.29) is 10.5 Å². The summed E-state index contributed by atoms with van der Waals surface area (Å²) in [5.41, 5.74) is 0.0806. The fourth-order valence-electron chi connectivity index (χ4n) is 1.83. The first-order valence-electron chi connectivity index (χ1n) is 6.02. The maximum atomic E-state index is 13.7. The zero-order valence-electron chi connectivity index (χ0n) is 11.0. The average Bonchev–Trinajstić information content (AvgIpc) is 2.38. The molecular weight excluding hydrogens is 364 g/mol. The van der Waals surface area contributed by atoms with Crippen LogP contribution in [0.25, 0.3) is 0 Å². The second-order valence-electron chi connectivity index (χ2n) is 4.46. The predicted molar refractivity (Wildman–Crippen MR) is 79.2 cm³/mol. The topological polar surface area (TPSA) is 46.2 Å². The van der Waals surface area contributed by atoms with E-state index in [1.165, 1.54) is 25.1 Å². The van der Waals surface area contributed by atoms with Crippen LogP contribution < -0.4 is 4.72 Å². The third kappa shape index (κ3) is 3.87. The van der Waals surface area contributed by atoms with Crippen LogP contribution in [0.1, 0.15) is 18.5 Å². The number of benzene rings is 2. The van der Waals surface area contributed by atoms with Crippen molar-refractivity contribution in [1.29, 1.82) is 0 Å². The smallest absolute Gasteiger partial charge is 0.207 e. The molecule has 0 aliphatic carbocycles. The third-order valence-electron chi connectivity index (χ3n) is 2.88. The van der Waals surface area contributed by atoms with E-state index >= 15 is 0 Å². The molecule has 7 heteroatoms. The standard InChI is InChI=1S/C14H12BrF2NO2S/c1-9(13-7-4-11(16)8-14(13)17)18-21(19,20)12-5-2-10(15)3-6-12/h2-9,18H,1H3/t9-/m1/s1. The number of hydrogen-bond donors (Lipinski definition) is 1. The first-order valence-corrected chi connectivity index (χ1v) is 8.30. The molecule has 0 saturated heterocycles. The third-order valence-corrected chi connectivity index (χ3v) is 4.97. The van der Waals surface area contributed by atoms with Gasteiger partial charge in [-0.25, -0.2) is 21.9 Å². The summed E-state index contributed by atoms with van der Waals surface area (Å²) in [5.74, 6) is -1.50. The summed E-state index contributed by atoms with van der Waals surface area (Å²) in [4.78, 5) is 0.0695. The number of nitrogens with one attached hydrogen (secondary N) is 1. The highest BCUT2D eigenvalue weighted by molar-refractivity contribution is 9.10. The lowest BCUT2D eigenvalue weighted by atomic mass is 10.1. The van der Waals surface area contributed by atoms with Crippen LogP contribution in [0.5, 0.6) is 0 Å². The Balaban J connectivity index is 2.25. The average molecular weight is 376 g/mol. The lowest BCUT2D eigenvalue weighted by Crippen LogP contribution is -2.27. The molecule has 0 aromatic heterocycles. The SMILES string of the molecule is C[C@@H](NS(=O)(=O)c1ccc(Br)cc1)c1ccc(F)cc1F. The summed E-state index contributed by atoms with van der Waals surface area (Å²) in [7, 11) is -3.78. The maximum Gasteiger partial charge on any atom is 0.241 e. The van der Waals surface area contributed by atoms with E-state index in [1.54, 1.807) is 12.1 Å². The van der Waals surface area contributed by atoms with Gasteiger partial charge in [0.2, 0.25) is 10.0 Å². The predicted octanol–water partition coefficient (Wildman–Crippen LogP) is 3.77. The largest absolute Gasteiger partial charge is 0.241 e. The summed E-state index contributed by atoms with van der Waals surface area (Å²) in [6.07, 6.45) is 0. The Labute approximate surface area is 130 Å². The van der Waals surface area contributed by atoms with Crippen LogP contribution in [0.2, 0.25) is 0 Å². The fraction of sp³-hybridized carbons (Fsp3) is 0.143. The molecule has 0 aliphatic heterocycles. The number of rotatable bonds is 4. The van der Waals surface area contributed by atoms with Crippen LogP contribution in [-0.4, -0.2) is 8.42 Å². The van der Waals surface area contributed by atoms with E-state index in [1.807, 2.05) is 0 Å². The van der Waals surface area contributed by atoms with E-state index in [4.69, 9.17) is 0 Å². The Morgan fingerprint density at radius 3 is 2.29 bits per heavy atom. The summed E-state index contributed by atoms with van der Waals surface area (Å²) >= 11 is 3.22. The Hall–Kier alpha value is -1.31. The molecule has 0 amide bonds. The number of hydrogen-bond acceptors (Lipinski definition) is 2. The van der Waals surface area contributed by atoms with Gasteiger partial charge in [0.15, 0.2) is 0 Å². The molecular formula is C14H12BrF2NO2S. The molecule has 0 saturated carbocycles. The van der Waals surface area contributed by atoms with E-state index in [9.17, 15) is 17.2 Å². The van der Waals surface area contributed by atoms with Crippen molar-refractivity contribution in [3.8, 4) is 0 Å². The van der Waals surface area contributed by atoms with Crippen molar-refractivity contribution >= 4 is 26.0 Å². The van der Waals surface area contributed by atoms with Crippen LogP contribution in [0.3, 0.4) is 0 Å². The minimum Gasteiger partial charge on any atom is -0.207 e. The second-order valence-corrected chi connectivity index (χ2v) is 7.09. The Morgan fingerprint density at radius 2 is 1.71 bits per heavy atom. The molecule has 2 aromatic carbocycles. The molecule has 0 aliphatic rings. The lowest BCUT2D eigenvalue weighted by molar-refractivity contribution is 0.540. The van der Waals surface area contributed by atoms with Crippen molar-refractivity contribution in [3.05, 3.63) is 64.1 Å². The molecule has 2 aromatic rings. The van der Waals surface area contributed by atoms with Gasteiger partial charge in [0.25, 0.3) is 0 Å². The number of sulfonamides is 1. The minimum atomic E-state index is -3.78. The van der Waals surface area contributed by atoms with Gasteiger partial charge in [-0.3, -0.25) is 0 Å². The molecule has 1 atom stereocenters. The van der Waals surface area contributed by atoms with Gasteiger partial charge in [0.05, 0.1) is 4.90 Å². The second kappa shape index (κ2) is 6.21. The summed E-state index contributed by atoms with van der Waals surface area (Å²) < 4.78 is 54.0. The van der Waals surface area contributed by atoms with Crippen molar-refractivity contribution in [3.63, 3.8) is 0 Å². The maximum absolute atomic E-state index is 13.7. The van der Waals surface area contributed by atoms with Gasteiger partial charge in [-0.2, -0.15) is 0 Å². The lowest BCUT2D eigenvalue weighted by Gasteiger charge is -2.15. The highest BCUT2D eigenvalue weighted by atomic mass is 79.9. The van der Waals surface area contributed by atoms with Crippen LogP contribution >= 0.6 is 15.9 Å². The van der Waals surface area contributed by atoms with Crippen molar-refractivity contribution in [2.24, 2.45) is 0 Å². The van der Waals surface area contributed by atoms with Gasteiger partial charge in [-0.05, 0) is 37.3 Å². The zero-order chi connectivity index (χ0) is 15.6. The van der Waals surface area contributed by atoms with Gasteiger partial charge >= 0.3 is 0 Å². The number of halogens is 3. The van der Waals surface area contributed by atoms with E-state index < -0.39 is 27.7 Å². The molecule has 0 bridgehead atoms. The van der Waals surface area contributed by atoms with E-state index in [0.717, 1.165) is 16.6 Å². The Kier molecular flexibility index (Phi) is 4.75. The minimum absolute atomic E-state index is 0.0695. The quantitative estimate of drug-likeness (QED) is 0.883. The van der Waals surface area contributed by atoms with Crippen LogP contribution in [-0.2, 0) is 10.0 Å². The van der Waals surface area contributed by atoms with Crippen LogP contribution in [0, 0.1) is 11.6 Å². The normalized spacial score (nSPS) is 13.1. The zero-order valence-corrected chi connectivity index (χ0v) is 13.4. The Morgan fingerprint density at radius 1 is 1.10 bits per heavy atom. The summed E-state index contributed by atoms with van der Waals surface area (Å²) in [6, 6.07) is 8.26. The van der Waals surface area contributed by atoms with Crippen molar-refractivity contribution in [2.45, 2.75) is 17.9 Å². The molecule has 0 fully saturated rings. The van der Waals surface area contributed by atoms with E-state index in [2.05, 4.69) is 20.7 Å². The van der Waals surface area contributed by atoms with E-state index in [0.29, 0.717) is 0 Å². The van der Waals surface area contributed by atoms with Gasteiger partial charge in [0, 0.05) is 22.1 Å². The fourth-order valence-corrected chi connectivity index (χ4v) is 3.32. The molecule has 3 nitrogen and oxygen atoms in total. The van der Waals surface area contributed by atoms with Crippen molar-refractivity contribution in [2.75, 3.05) is 0 Å². The first kappa shape index (κ1) is 16.1. The molecule has 2 rings (SSSR count). The molecule has 21 heavy (non-hydrogen) atoms. The molecule has 112 valence electrons. The summed E-state index contributed by atoms with van der Waals surface area (Å²) in [6.45, 7) is 1.49. The van der Waals surface area contributed by atoms with Crippen LogP contribution in [0.15, 0.2) is 51.8 Å². The molecule has 0 radical (unpaired) electrons. The molecule has 0 unspecified atom stereocenters. The van der Waals surface area contributed by atoms with Crippen LogP contribution in [0.4, 0.5) is 8.78 Å². The van der Waals surface area contributed by atoms with Crippen molar-refractivity contribution < 1.29 is 17.2 Å². The summed E-state index contributed by atoms with van der Waals surface area (Å²) in [5, 5.41) is 0. The monoisotopic (exact) mass is 375 g/mol. The van der Waals surface area contributed by atoms with Gasteiger partial charge in [0.1, 0.15) is 11.6 Å². The van der Waals surface area contributed by atoms with Gasteiger partial charge in [-0.1, -0.05) is 22.0 Å². The van der Waals surface area contributed by atoms with Gasteiger partial charge < -0.3 is 0 Å². The molecule has 0 heterocycles. The molecule has 1 N–H and O–H groups in total. The Bertz CT molecular complexity index is 748. The van der Waals surface area contributed by atoms with Crippen molar-refractivity contribution in [1.82, 2.24) is 4.72 Å².